The van der Waals surface area contributed by atoms with Crippen LogP contribution in [0.3, 0.4) is 0 Å². The molecular weight excluding hydrogens is 414 g/mol. The van der Waals surface area contributed by atoms with E-state index in [9.17, 15) is 9.59 Å². The lowest BCUT2D eigenvalue weighted by molar-refractivity contribution is -0.110. The van der Waals surface area contributed by atoms with E-state index in [1.807, 2.05) is 55.2 Å². The average Bonchev–Trinajstić information content (AvgIpc) is 3.29. The fourth-order valence-corrected chi connectivity index (χ4v) is 4.71. The molecule has 0 atom stereocenters. The van der Waals surface area contributed by atoms with Crippen LogP contribution in [0.5, 0.6) is 0 Å². The number of carbonyl (C=O) groups is 2. The highest BCUT2D eigenvalue weighted by Crippen LogP contribution is 2.40. The maximum Gasteiger partial charge on any atom is 0.256 e. The SMILES string of the molecule is Cc1[nH]c(C=C2C(=O)Nc3cccc(-c4ccncc4)c32)c(C)c1C(=O)N1CCN(C)CC1. The standard InChI is InChI=1S/C26H27N5O2/c1-16-22(28-17(2)23(16)26(33)31-13-11-30(3)12-14-31)15-20-24-19(18-7-9-27-10-8-18)5-4-6-21(24)29-25(20)32/h4-10,15,28H,11-14H2,1-3H3,(H,29,32). The topological polar surface area (TPSA) is 81.3 Å². The molecule has 2 amide bonds. The summed E-state index contributed by atoms with van der Waals surface area (Å²) in [6.07, 6.45) is 5.36. The summed E-state index contributed by atoms with van der Waals surface area (Å²) < 4.78 is 0. The Balaban J connectivity index is 1.55. The molecule has 2 aliphatic rings. The van der Waals surface area contributed by atoms with Gasteiger partial charge in [0.05, 0.1) is 11.1 Å². The molecule has 4 heterocycles. The molecule has 0 radical (unpaired) electrons. The third-order valence-corrected chi connectivity index (χ3v) is 6.59. The number of nitrogens with zero attached hydrogens (tertiary/aromatic N) is 3. The van der Waals surface area contributed by atoms with Crippen LogP contribution >= 0.6 is 0 Å². The van der Waals surface area contributed by atoms with Gasteiger partial charge in [-0.25, -0.2) is 0 Å². The lowest BCUT2D eigenvalue weighted by Gasteiger charge is -2.32. The van der Waals surface area contributed by atoms with E-state index in [0.29, 0.717) is 11.1 Å². The van der Waals surface area contributed by atoms with Gasteiger partial charge in [-0.2, -0.15) is 0 Å². The van der Waals surface area contributed by atoms with Crippen molar-refractivity contribution < 1.29 is 9.59 Å². The predicted octanol–water partition coefficient (Wildman–Crippen LogP) is 3.57. The summed E-state index contributed by atoms with van der Waals surface area (Å²) >= 11 is 0. The average molecular weight is 442 g/mol. The van der Waals surface area contributed by atoms with Gasteiger partial charge in [0.25, 0.3) is 11.8 Å². The normalized spacial score (nSPS) is 17.4. The number of aromatic amines is 1. The van der Waals surface area contributed by atoms with Crippen LogP contribution < -0.4 is 5.32 Å². The number of aromatic nitrogens is 2. The molecule has 3 aromatic rings. The first-order valence-corrected chi connectivity index (χ1v) is 11.2. The second-order valence-corrected chi connectivity index (χ2v) is 8.74. The zero-order chi connectivity index (χ0) is 23.1. The Morgan fingerprint density at radius 1 is 1.06 bits per heavy atom. The molecule has 2 aliphatic heterocycles. The van der Waals surface area contributed by atoms with Crippen molar-refractivity contribution in [2.24, 2.45) is 0 Å². The Hall–Kier alpha value is -3.71. The van der Waals surface area contributed by atoms with Crippen molar-refractivity contribution in [2.75, 3.05) is 38.5 Å². The van der Waals surface area contributed by atoms with Crippen molar-refractivity contribution >= 4 is 29.2 Å². The van der Waals surface area contributed by atoms with Crippen molar-refractivity contribution in [3.8, 4) is 11.1 Å². The van der Waals surface area contributed by atoms with Crippen molar-refractivity contribution in [3.05, 3.63) is 70.8 Å². The molecule has 2 N–H and O–H groups in total. The summed E-state index contributed by atoms with van der Waals surface area (Å²) in [5, 5.41) is 2.98. The number of carbonyl (C=O) groups excluding carboxylic acids is 2. The van der Waals surface area contributed by atoms with Crippen LogP contribution in [0.1, 0.15) is 32.9 Å². The second-order valence-electron chi connectivity index (χ2n) is 8.74. The molecule has 1 saturated heterocycles. The summed E-state index contributed by atoms with van der Waals surface area (Å²) in [6.45, 7) is 7.06. The summed E-state index contributed by atoms with van der Waals surface area (Å²) in [5.41, 5.74) is 7.38. The second kappa shape index (κ2) is 8.33. The number of hydrogen-bond donors (Lipinski definition) is 2. The minimum Gasteiger partial charge on any atom is -0.358 e. The van der Waals surface area contributed by atoms with E-state index in [0.717, 1.165) is 65.5 Å². The van der Waals surface area contributed by atoms with Crippen molar-refractivity contribution in [3.63, 3.8) is 0 Å². The third-order valence-electron chi connectivity index (χ3n) is 6.59. The van der Waals surface area contributed by atoms with E-state index in [-0.39, 0.29) is 11.8 Å². The van der Waals surface area contributed by atoms with E-state index >= 15 is 0 Å². The van der Waals surface area contributed by atoms with Crippen LogP contribution in [0, 0.1) is 13.8 Å². The summed E-state index contributed by atoms with van der Waals surface area (Å²) in [4.78, 5) is 37.8. The number of benzene rings is 1. The summed E-state index contributed by atoms with van der Waals surface area (Å²) in [5.74, 6) is -0.0992. The quantitative estimate of drug-likeness (QED) is 0.609. The first kappa shape index (κ1) is 21.2. The number of likely N-dealkylation sites (N-methyl/N-ethyl adjacent to an activating group) is 1. The Bertz CT molecular complexity index is 1270. The van der Waals surface area contributed by atoms with Crippen LogP contribution in [0.25, 0.3) is 22.8 Å². The molecule has 0 aliphatic carbocycles. The predicted molar refractivity (Wildman–Crippen MR) is 130 cm³/mol. The molecule has 5 rings (SSSR count). The van der Waals surface area contributed by atoms with Gasteiger partial charge in [-0.3, -0.25) is 14.6 Å². The van der Waals surface area contributed by atoms with Crippen LogP contribution in [-0.4, -0.2) is 64.8 Å². The van der Waals surface area contributed by atoms with Crippen LogP contribution in [-0.2, 0) is 4.79 Å². The number of aryl methyl sites for hydroxylation is 1. The Morgan fingerprint density at radius 2 is 1.79 bits per heavy atom. The number of nitrogens with one attached hydrogen (secondary N) is 2. The molecule has 168 valence electrons. The Labute approximate surface area is 193 Å². The fourth-order valence-electron chi connectivity index (χ4n) is 4.71. The van der Waals surface area contributed by atoms with E-state index in [1.54, 1.807) is 12.4 Å². The molecule has 1 aromatic carbocycles. The maximum absolute atomic E-state index is 13.3. The molecule has 0 spiro atoms. The van der Waals surface area contributed by atoms with Gasteiger partial charge in [-0.15, -0.1) is 0 Å². The number of hydrogen-bond acceptors (Lipinski definition) is 4. The smallest absolute Gasteiger partial charge is 0.256 e. The first-order valence-electron chi connectivity index (χ1n) is 11.2. The van der Waals surface area contributed by atoms with Crippen LogP contribution in [0.15, 0.2) is 42.7 Å². The molecule has 0 bridgehead atoms. The number of fused-ring (bicyclic) bond motifs is 1. The maximum atomic E-state index is 13.3. The molecule has 7 heteroatoms. The van der Waals surface area contributed by atoms with E-state index in [1.165, 1.54) is 0 Å². The number of rotatable bonds is 3. The third kappa shape index (κ3) is 3.74. The van der Waals surface area contributed by atoms with E-state index in [4.69, 9.17) is 0 Å². The van der Waals surface area contributed by atoms with Gasteiger partial charge >= 0.3 is 0 Å². The minimum atomic E-state index is -0.148. The molecule has 0 saturated carbocycles. The van der Waals surface area contributed by atoms with Crippen molar-refractivity contribution in [2.45, 2.75) is 13.8 Å². The lowest BCUT2D eigenvalue weighted by Crippen LogP contribution is -2.47. The van der Waals surface area contributed by atoms with E-state index in [2.05, 4.69) is 27.2 Å². The lowest BCUT2D eigenvalue weighted by atomic mass is 9.94. The molecule has 0 unspecified atom stereocenters. The summed E-state index contributed by atoms with van der Waals surface area (Å²) in [7, 11) is 2.07. The highest BCUT2D eigenvalue weighted by Gasteiger charge is 2.29. The summed E-state index contributed by atoms with van der Waals surface area (Å²) in [6, 6.07) is 9.74. The number of anilines is 1. The fraction of sp³-hybridized carbons (Fsp3) is 0.269. The van der Waals surface area contributed by atoms with Gasteiger partial charge in [-0.1, -0.05) is 12.1 Å². The minimum absolute atomic E-state index is 0.0488. The van der Waals surface area contributed by atoms with Crippen LogP contribution in [0.4, 0.5) is 5.69 Å². The number of pyridine rings is 1. The van der Waals surface area contributed by atoms with Crippen LogP contribution in [0.2, 0.25) is 0 Å². The van der Waals surface area contributed by atoms with Gasteiger partial charge in [0.15, 0.2) is 0 Å². The van der Waals surface area contributed by atoms with Gasteiger partial charge < -0.3 is 20.1 Å². The zero-order valence-corrected chi connectivity index (χ0v) is 19.1. The molecule has 7 nitrogen and oxygen atoms in total. The van der Waals surface area contributed by atoms with Crippen molar-refractivity contribution in [1.29, 1.82) is 0 Å². The van der Waals surface area contributed by atoms with Crippen molar-refractivity contribution in [1.82, 2.24) is 19.8 Å². The molecule has 2 aromatic heterocycles. The van der Waals surface area contributed by atoms with Gasteiger partial charge in [0, 0.05) is 61.2 Å². The largest absolute Gasteiger partial charge is 0.358 e. The Kier molecular flexibility index (Phi) is 5.34. The molecule has 1 fully saturated rings. The van der Waals surface area contributed by atoms with E-state index < -0.39 is 0 Å². The highest BCUT2D eigenvalue weighted by atomic mass is 16.2. The molecule has 33 heavy (non-hydrogen) atoms. The first-order chi connectivity index (χ1) is 15.9. The number of amides is 2. The zero-order valence-electron chi connectivity index (χ0n) is 19.1. The Morgan fingerprint density at radius 3 is 2.52 bits per heavy atom. The monoisotopic (exact) mass is 441 g/mol. The van der Waals surface area contributed by atoms with Gasteiger partial charge in [-0.05, 0) is 61.9 Å². The number of piperazine rings is 1. The molecular formula is C26H27N5O2. The number of H-pyrrole nitrogens is 1. The van der Waals surface area contributed by atoms with Gasteiger partial charge in [0.2, 0.25) is 0 Å². The van der Waals surface area contributed by atoms with Gasteiger partial charge in [0.1, 0.15) is 0 Å². The highest BCUT2D eigenvalue weighted by molar-refractivity contribution is 6.36.